The van der Waals surface area contributed by atoms with Gasteiger partial charge in [-0.1, -0.05) is 43.5 Å². The quantitative estimate of drug-likeness (QED) is 0.571. The molecule has 4 nitrogen and oxygen atoms in total. The van der Waals surface area contributed by atoms with Crippen LogP contribution in [0.4, 0.5) is 13.2 Å². The lowest BCUT2D eigenvalue weighted by molar-refractivity contribution is -0.137. The van der Waals surface area contributed by atoms with Crippen LogP contribution < -0.4 is 5.32 Å². The fourth-order valence-electron chi connectivity index (χ4n) is 4.47. The van der Waals surface area contributed by atoms with Crippen LogP contribution >= 0.6 is 0 Å². The fourth-order valence-corrected chi connectivity index (χ4v) is 4.47. The van der Waals surface area contributed by atoms with E-state index < -0.39 is 17.7 Å². The van der Waals surface area contributed by atoms with Crippen molar-refractivity contribution in [1.82, 2.24) is 14.7 Å². The molecule has 3 aromatic rings. The van der Waals surface area contributed by atoms with Crippen molar-refractivity contribution in [2.45, 2.75) is 63.6 Å². The molecule has 31 heavy (non-hydrogen) atoms. The van der Waals surface area contributed by atoms with Gasteiger partial charge < -0.3 is 9.72 Å². The Bertz CT molecular complexity index is 1070. The molecule has 7 heteroatoms. The fraction of sp³-hybridized carbons (Fsp3) is 0.417. The van der Waals surface area contributed by atoms with Crippen LogP contribution in [0.2, 0.25) is 0 Å². The maximum atomic E-state index is 13.4. The predicted octanol–water partition coefficient (Wildman–Crippen LogP) is 5.63. The Morgan fingerprint density at radius 2 is 1.97 bits per heavy atom. The molecule has 1 saturated carbocycles. The van der Waals surface area contributed by atoms with Crippen LogP contribution in [0.1, 0.15) is 66.8 Å². The minimum absolute atomic E-state index is 0.0690. The molecule has 2 aromatic heterocycles. The van der Waals surface area contributed by atoms with Crippen LogP contribution in [0.25, 0.3) is 5.65 Å². The molecule has 0 aliphatic heterocycles. The van der Waals surface area contributed by atoms with Gasteiger partial charge in [0.2, 0.25) is 5.91 Å². The minimum Gasteiger partial charge on any atom is -0.353 e. The third-order valence-corrected chi connectivity index (χ3v) is 6.09. The number of hydrogen-bond donors (Lipinski definition) is 1. The molecule has 1 unspecified atom stereocenters. The summed E-state index contributed by atoms with van der Waals surface area (Å²) in [5.41, 5.74) is 2.15. The van der Waals surface area contributed by atoms with Gasteiger partial charge in [0.25, 0.3) is 0 Å². The molecule has 1 aromatic carbocycles. The second kappa shape index (κ2) is 8.73. The second-order valence-electron chi connectivity index (χ2n) is 8.35. The van der Waals surface area contributed by atoms with Gasteiger partial charge in [-0.25, -0.2) is 4.98 Å². The number of aryl methyl sites for hydroxylation is 1. The molecule has 4 rings (SSSR count). The van der Waals surface area contributed by atoms with Gasteiger partial charge >= 0.3 is 6.18 Å². The third-order valence-electron chi connectivity index (χ3n) is 6.09. The van der Waals surface area contributed by atoms with E-state index in [1.54, 1.807) is 12.3 Å². The van der Waals surface area contributed by atoms with Crippen molar-refractivity contribution >= 4 is 11.6 Å². The van der Waals surface area contributed by atoms with Gasteiger partial charge in [-0.05, 0) is 43.0 Å². The summed E-state index contributed by atoms with van der Waals surface area (Å²) in [5.74, 6) is -0.681. The summed E-state index contributed by atoms with van der Waals surface area (Å²) in [4.78, 5) is 17.4. The number of carbonyl (C=O) groups is 1. The van der Waals surface area contributed by atoms with Gasteiger partial charge in [0.05, 0.1) is 11.3 Å². The Labute approximate surface area is 179 Å². The van der Waals surface area contributed by atoms with Crippen molar-refractivity contribution in [3.63, 3.8) is 0 Å². The average molecular weight is 429 g/mol. The molecular formula is C24H26F3N3O. The van der Waals surface area contributed by atoms with Crippen molar-refractivity contribution in [2.24, 2.45) is 0 Å². The molecule has 1 aliphatic rings. The zero-order valence-electron chi connectivity index (χ0n) is 17.5. The number of amides is 1. The van der Waals surface area contributed by atoms with Gasteiger partial charge in [-0.15, -0.1) is 0 Å². The van der Waals surface area contributed by atoms with Gasteiger partial charge in [-0.2, -0.15) is 13.2 Å². The zero-order valence-corrected chi connectivity index (χ0v) is 17.5. The van der Waals surface area contributed by atoms with Crippen molar-refractivity contribution in [2.75, 3.05) is 0 Å². The van der Waals surface area contributed by atoms with Crippen molar-refractivity contribution < 1.29 is 18.0 Å². The Hall–Kier alpha value is -2.83. The lowest BCUT2D eigenvalue weighted by Crippen LogP contribution is -2.37. The lowest BCUT2D eigenvalue weighted by Gasteiger charge is -2.24. The Morgan fingerprint density at radius 1 is 1.19 bits per heavy atom. The van der Waals surface area contributed by atoms with Crippen LogP contribution in [0.3, 0.4) is 0 Å². The number of nitrogens with zero attached hydrogens (tertiary/aromatic N) is 2. The highest BCUT2D eigenvalue weighted by atomic mass is 19.4. The molecule has 1 amide bonds. The largest absolute Gasteiger partial charge is 0.416 e. The summed E-state index contributed by atoms with van der Waals surface area (Å²) in [7, 11) is 0. The number of carbonyl (C=O) groups excluding carboxylic acids is 1. The van der Waals surface area contributed by atoms with Gasteiger partial charge in [0.1, 0.15) is 5.65 Å². The van der Waals surface area contributed by atoms with Crippen LogP contribution in [0, 0.1) is 6.92 Å². The molecule has 0 bridgehead atoms. The van der Waals surface area contributed by atoms with Crippen molar-refractivity contribution in [3.8, 4) is 0 Å². The van der Waals surface area contributed by atoms with E-state index >= 15 is 0 Å². The van der Waals surface area contributed by atoms with E-state index in [1.807, 2.05) is 29.7 Å². The van der Waals surface area contributed by atoms with Crippen LogP contribution in [-0.2, 0) is 11.0 Å². The number of rotatable bonds is 5. The number of imidazole rings is 1. The van der Waals surface area contributed by atoms with E-state index in [2.05, 4.69) is 10.3 Å². The molecular weight excluding hydrogens is 403 g/mol. The normalized spacial score (nSPS) is 16.4. The highest BCUT2D eigenvalue weighted by Gasteiger charge is 2.32. The van der Waals surface area contributed by atoms with Gasteiger partial charge in [0.15, 0.2) is 0 Å². The highest BCUT2D eigenvalue weighted by molar-refractivity contribution is 5.78. The summed E-state index contributed by atoms with van der Waals surface area (Å²) < 4.78 is 41.9. The number of nitrogens with one attached hydrogen (secondary N) is 1. The van der Waals surface area contributed by atoms with Gasteiger partial charge in [-0.3, -0.25) is 4.79 Å². The molecule has 0 radical (unpaired) electrons. The van der Waals surface area contributed by atoms with Crippen LogP contribution in [0.5, 0.6) is 0 Å². The van der Waals surface area contributed by atoms with E-state index in [1.165, 1.54) is 12.5 Å². The molecule has 1 atom stereocenters. The van der Waals surface area contributed by atoms with E-state index in [-0.39, 0.29) is 18.4 Å². The molecule has 2 heterocycles. The number of alkyl halides is 3. The topological polar surface area (TPSA) is 46.4 Å². The molecule has 1 aliphatic carbocycles. The van der Waals surface area contributed by atoms with E-state index in [0.717, 1.165) is 49.0 Å². The zero-order chi connectivity index (χ0) is 22.0. The summed E-state index contributed by atoms with van der Waals surface area (Å²) in [6.07, 6.45) is 4.40. The first kappa shape index (κ1) is 21.4. The Morgan fingerprint density at radius 3 is 2.71 bits per heavy atom. The number of fused-ring (bicyclic) bond motifs is 1. The average Bonchev–Trinajstić information content (AvgIpc) is 3.17. The summed E-state index contributed by atoms with van der Waals surface area (Å²) in [6.45, 7) is 1.93. The smallest absolute Gasteiger partial charge is 0.353 e. The first-order valence-corrected chi connectivity index (χ1v) is 10.7. The number of hydrogen-bond acceptors (Lipinski definition) is 2. The third kappa shape index (κ3) is 4.75. The molecule has 1 N–H and O–H groups in total. The van der Waals surface area contributed by atoms with Crippen molar-refractivity contribution in [1.29, 1.82) is 0 Å². The Balaban J connectivity index is 1.70. The molecule has 0 saturated heterocycles. The van der Waals surface area contributed by atoms with E-state index in [0.29, 0.717) is 11.3 Å². The number of pyridine rings is 1. The van der Waals surface area contributed by atoms with E-state index in [9.17, 15) is 18.0 Å². The molecule has 164 valence electrons. The number of benzene rings is 1. The lowest BCUT2D eigenvalue weighted by atomic mass is 9.90. The molecule has 1 fully saturated rings. The van der Waals surface area contributed by atoms with E-state index in [4.69, 9.17) is 0 Å². The van der Waals surface area contributed by atoms with Crippen molar-refractivity contribution in [3.05, 3.63) is 71.2 Å². The molecule has 0 spiro atoms. The standard InChI is InChI=1S/C24H26F3N3O/c1-16-7-6-12-30-21(15-28-23(16)30)20(14-22(31)29-19-10-3-2-4-11-19)17-8-5-9-18(13-17)24(25,26)27/h5-9,12-13,15,19-20H,2-4,10-11,14H2,1H3,(H,29,31). The Kier molecular flexibility index (Phi) is 6.03. The maximum absolute atomic E-state index is 13.4. The minimum atomic E-state index is -4.44. The maximum Gasteiger partial charge on any atom is 0.416 e. The van der Waals surface area contributed by atoms with Crippen LogP contribution in [-0.4, -0.2) is 21.3 Å². The monoisotopic (exact) mass is 429 g/mol. The predicted molar refractivity (Wildman–Crippen MR) is 113 cm³/mol. The SMILES string of the molecule is Cc1cccn2c(C(CC(=O)NC3CCCCC3)c3cccc(C(F)(F)F)c3)cnc12. The second-order valence-corrected chi connectivity index (χ2v) is 8.35. The van der Waals surface area contributed by atoms with Crippen LogP contribution in [0.15, 0.2) is 48.8 Å². The first-order valence-electron chi connectivity index (χ1n) is 10.7. The summed E-state index contributed by atoms with van der Waals surface area (Å²) in [6, 6.07) is 9.21. The van der Waals surface area contributed by atoms with Gasteiger partial charge in [0, 0.05) is 30.8 Å². The summed E-state index contributed by atoms with van der Waals surface area (Å²) >= 11 is 0. The highest BCUT2D eigenvalue weighted by Crippen LogP contribution is 2.35. The number of aromatic nitrogens is 2. The number of halogens is 3. The first-order chi connectivity index (χ1) is 14.8. The summed E-state index contributed by atoms with van der Waals surface area (Å²) in [5, 5.41) is 3.09.